The molecule has 0 spiro atoms. The van der Waals surface area contributed by atoms with Gasteiger partial charge in [-0.25, -0.2) is 4.18 Å². The lowest BCUT2D eigenvalue weighted by molar-refractivity contribution is -0.368. The molecule has 22 heteroatoms. The topological polar surface area (TPSA) is 331 Å². The number of aliphatic hydroxyl groups excluding tert-OH is 9. The zero-order valence-corrected chi connectivity index (χ0v) is 39.6. The Bertz CT molecular complexity index is 1860. The fraction of sp³-hybridized carbons (Fsp3) is 0.956. The van der Waals surface area contributed by atoms with Crippen LogP contribution in [0.2, 0.25) is 0 Å². The Hall–Kier alpha value is -1.07. The molecule has 0 aromatic rings. The van der Waals surface area contributed by atoms with E-state index in [2.05, 4.69) is 26.8 Å². The Morgan fingerprint density at radius 2 is 1.46 bits per heavy atom. The lowest BCUT2D eigenvalue weighted by atomic mass is 9.47. The summed E-state index contributed by atoms with van der Waals surface area (Å²) in [5.41, 5.74) is 1.01. The molecule has 386 valence electrons. The zero-order valence-electron chi connectivity index (χ0n) is 38.8. The first kappa shape index (κ1) is 52.3. The highest BCUT2D eigenvalue weighted by atomic mass is 32.3. The molecule has 11 N–H and O–H groups in total. The first-order valence-electron chi connectivity index (χ1n) is 24.1. The Balaban J connectivity index is 0.905. The molecule has 26 unspecified atom stereocenters. The summed E-state index contributed by atoms with van der Waals surface area (Å²) in [5.74, 6) is -0.279. The molecule has 0 bridgehead atoms. The smallest absolute Gasteiger partial charge is 0.394 e. The van der Waals surface area contributed by atoms with Crippen LogP contribution in [-0.4, -0.2) is 194 Å². The van der Waals surface area contributed by atoms with Gasteiger partial charge in [0.2, 0.25) is 0 Å². The maximum absolute atomic E-state index is 12.1. The lowest BCUT2D eigenvalue weighted by Crippen LogP contribution is -2.65. The van der Waals surface area contributed by atoms with Gasteiger partial charge >= 0.3 is 10.4 Å². The summed E-state index contributed by atoms with van der Waals surface area (Å²) in [6, 6.07) is 0. The van der Waals surface area contributed by atoms with E-state index in [1.807, 2.05) is 6.92 Å². The number of rotatable bonds is 14. The predicted octanol–water partition coefficient (Wildman–Crippen LogP) is -1.00. The highest BCUT2D eigenvalue weighted by Crippen LogP contribution is 2.70. The third kappa shape index (κ3) is 9.69. The summed E-state index contributed by atoms with van der Waals surface area (Å²) in [5, 5.41) is 105. The Morgan fingerprint density at radius 1 is 0.791 bits per heavy atom. The van der Waals surface area contributed by atoms with Crippen molar-refractivity contribution in [1.82, 2.24) is 0 Å². The van der Waals surface area contributed by atoms with Crippen LogP contribution in [0.5, 0.6) is 0 Å². The summed E-state index contributed by atoms with van der Waals surface area (Å²) < 4.78 is 79.7. The SMILES string of the molecule is CC(CCC1(O)OC2CC3C4CC=C5CC(OC6OC(CO)C(OS(=O)(=O)O)C(O)C6OC6OC(C)C(O)C(O)C6O)CCC5(C)C4CCC3(C)C2C1C)COC1OC(CO)C(O)C(O)C1O. The summed E-state index contributed by atoms with van der Waals surface area (Å²) >= 11 is 0. The van der Waals surface area contributed by atoms with Crippen molar-refractivity contribution in [1.29, 1.82) is 0 Å². The molecule has 67 heavy (non-hydrogen) atoms. The van der Waals surface area contributed by atoms with Crippen molar-refractivity contribution in [3.05, 3.63) is 11.6 Å². The number of hydrogen-bond acceptors (Lipinski definition) is 20. The van der Waals surface area contributed by atoms with E-state index in [4.69, 9.17) is 37.3 Å². The highest BCUT2D eigenvalue weighted by molar-refractivity contribution is 7.80. The van der Waals surface area contributed by atoms with E-state index >= 15 is 0 Å². The molecular weight excluding hydrogens is 909 g/mol. The lowest BCUT2D eigenvalue weighted by Gasteiger charge is -2.58. The van der Waals surface area contributed by atoms with Crippen molar-refractivity contribution in [3.8, 4) is 0 Å². The summed E-state index contributed by atoms with van der Waals surface area (Å²) in [6.07, 6.45) is -14.6. The van der Waals surface area contributed by atoms with Crippen LogP contribution in [0.1, 0.15) is 92.4 Å². The number of fused-ring (bicyclic) bond motifs is 7. The molecule has 7 fully saturated rings. The molecule has 4 aliphatic heterocycles. The standard InChI is InChI=1S/C45H74O21S/c1-19(18-59-40-35(52)34(51)32(49)28(16-46)62-40)8-13-45(55)20(2)30-27(65-45)15-26-24-7-6-22-14-23(9-11-43(22,4)25(24)10-12-44(26,30)5)61-42-39(64-41-36(53)33(50)31(48)21(3)60-41)37(54)38(29(17-47)63-42)66-67(56,57)58/h6,19-21,23-42,46-55H,7-18H2,1-5H3,(H,56,57,58). The normalized spacial score (nSPS) is 52.7. The Labute approximate surface area is 391 Å². The van der Waals surface area contributed by atoms with Crippen LogP contribution in [0.25, 0.3) is 0 Å². The minimum Gasteiger partial charge on any atom is -0.394 e. The van der Waals surface area contributed by atoms with Crippen LogP contribution in [0, 0.1) is 46.3 Å². The average molecular weight is 983 g/mol. The predicted molar refractivity (Wildman–Crippen MR) is 228 cm³/mol. The molecule has 0 aromatic carbocycles. The number of allylic oxidation sites excluding steroid dienone is 1. The molecule has 8 aliphatic rings. The van der Waals surface area contributed by atoms with Gasteiger partial charge in [0.1, 0.15) is 67.1 Å². The van der Waals surface area contributed by atoms with E-state index in [0.717, 1.165) is 32.1 Å². The molecule has 0 aromatic heterocycles. The molecule has 8 rings (SSSR count). The van der Waals surface area contributed by atoms with Crippen molar-refractivity contribution in [3.63, 3.8) is 0 Å². The largest absolute Gasteiger partial charge is 0.397 e. The van der Waals surface area contributed by atoms with Crippen molar-refractivity contribution >= 4 is 10.4 Å². The van der Waals surface area contributed by atoms with Crippen LogP contribution in [0.3, 0.4) is 0 Å². The van der Waals surface area contributed by atoms with Crippen molar-refractivity contribution in [2.75, 3.05) is 19.8 Å². The van der Waals surface area contributed by atoms with Crippen LogP contribution in [0.4, 0.5) is 0 Å². The van der Waals surface area contributed by atoms with Gasteiger partial charge in [-0.2, -0.15) is 8.42 Å². The Morgan fingerprint density at radius 3 is 2.15 bits per heavy atom. The molecule has 4 saturated heterocycles. The molecule has 4 heterocycles. The summed E-state index contributed by atoms with van der Waals surface area (Å²) in [6.45, 7) is 8.94. The van der Waals surface area contributed by atoms with Crippen LogP contribution in [0.15, 0.2) is 11.6 Å². The van der Waals surface area contributed by atoms with Gasteiger partial charge in [0, 0.05) is 12.3 Å². The maximum atomic E-state index is 12.1. The van der Waals surface area contributed by atoms with Crippen LogP contribution < -0.4 is 0 Å². The van der Waals surface area contributed by atoms with Crippen molar-refractivity contribution in [2.45, 2.75) is 203 Å². The maximum Gasteiger partial charge on any atom is 0.397 e. The fourth-order valence-corrected chi connectivity index (χ4v) is 14.3. The van der Waals surface area contributed by atoms with E-state index < -0.39 is 128 Å². The molecule has 4 aliphatic carbocycles. The van der Waals surface area contributed by atoms with E-state index in [1.165, 1.54) is 12.5 Å². The van der Waals surface area contributed by atoms with Crippen LogP contribution in [-0.2, 0) is 47.7 Å². The molecule has 21 nitrogen and oxygen atoms in total. The van der Waals surface area contributed by atoms with Gasteiger partial charge < -0.3 is 84.2 Å². The van der Waals surface area contributed by atoms with Gasteiger partial charge in [-0.05, 0) is 98.7 Å². The molecule has 3 saturated carbocycles. The molecule has 0 radical (unpaired) electrons. The zero-order chi connectivity index (χ0) is 48.7. The fourth-order valence-electron chi connectivity index (χ4n) is 13.7. The summed E-state index contributed by atoms with van der Waals surface area (Å²) in [7, 11) is -5.16. The average Bonchev–Trinajstić information content (AvgIpc) is 3.72. The minimum atomic E-state index is -5.16. The van der Waals surface area contributed by atoms with E-state index in [9.17, 15) is 64.0 Å². The van der Waals surface area contributed by atoms with Crippen LogP contribution >= 0.6 is 0 Å². The third-order valence-corrected chi connectivity index (χ3v) is 18.1. The van der Waals surface area contributed by atoms with Gasteiger partial charge in [0.05, 0.1) is 38.1 Å². The van der Waals surface area contributed by atoms with E-state index in [0.29, 0.717) is 43.4 Å². The Kier molecular flexibility index (Phi) is 15.4. The van der Waals surface area contributed by atoms with Gasteiger partial charge in [0.15, 0.2) is 24.7 Å². The number of ether oxygens (including phenoxy) is 7. The molecule has 0 amide bonds. The first-order chi connectivity index (χ1) is 31.4. The second kappa shape index (κ2) is 19.7. The number of aliphatic hydroxyl groups is 10. The van der Waals surface area contributed by atoms with Gasteiger partial charge in [0.25, 0.3) is 0 Å². The molecule has 26 atom stereocenters. The third-order valence-electron chi connectivity index (χ3n) is 17.6. The summed E-state index contributed by atoms with van der Waals surface area (Å²) in [4.78, 5) is 0. The highest BCUT2D eigenvalue weighted by Gasteiger charge is 2.68. The second-order valence-corrected chi connectivity index (χ2v) is 22.6. The van der Waals surface area contributed by atoms with E-state index in [-0.39, 0.29) is 41.3 Å². The van der Waals surface area contributed by atoms with Crippen molar-refractivity contribution in [2.24, 2.45) is 46.3 Å². The van der Waals surface area contributed by atoms with E-state index in [1.54, 1.807) is 0 Å². The van der Waals surface area contributed by atoms with Gasteiger partial charge in [-0.3, -0.25) is 4.55 Å². The minimum absolute atomic E-state index is 0.0640. The molecular formula is C45H74O21S. The van der Waals surface area contributed by atoms with Crippen molar-refractivity contribution < 1.29 is 101 Å². The van der Waals surface area contributed by atoms with Gasteiger partial charge in [-0.1, -0.05) is 39.3 Å². The first-order valence-corrected chi connectivity index (χ1v) is 25.4. The quantitative estimate of drug-likeness (QED) is 0.0734. The van der Waals surface area contributed by atoms with Gasteiger partial charge in [-0.15, -0.1) is 0 Å². The number of hydrogen-bond donors (Lipinski definition) is 11. The monoisotopic (exact) mass is 982 g/mol. The second-order valence-electron chi connectivity index (χ2n) is 21.5.